The monoisotopic (exact) mass is 265 g/mol. The van der Waals surface area contributed by atoms with Gasteiger partial charge in [0.25, 0.3) is 0 Å². The Kier molecular flexibility index (Phi) is 5.08. The van der Waals surface area contributed by atoms with Crippen molar-refractivity contribution in [2.75, 3.05) is 6.54 Å². The zero-order chi connectivity index (χ0) is 13.0. The summed E-state index contributed by atoms with van der Waals surface area (Å²) in [5.41, 5.74) is 2.51. The molecule has 1 aliphatic carbocycles. The number of nitrogens with one attached hydrogen (secondary N) is 1. The smallest absolute Gasteiger partial charge is 0.0438 e. The van der Waals surface area contributed by atoms with Crippen molar-refractivity contribution in [2.45, 2.75) is 52.0 Å². The lowest BCUT2D eigenvalue weighted by Crippen LogP contribution is -2.23. The summed E-state index contributed by atoms with van der Waals surface area (Å²) in [7, 11) is 0. The molecule has 0 spiro atoms. The van der Waals surface area contributed by atoms with Crippen molar-refractivity contribution in [3.63, 3.8) is 0 Å². The van der Waals surface area contributed by atoms with E-state index in [4.69, 9.17) is 11.6 Å². The van der Waals surface area contributed by atoms with Gasteiger partial charge >= 0.3 is 0 Å². The predicted molar refractivity (Wildman–Crippen MR) is 79.2 cm³/mol. The van der Waals surface area contributed by atoms with E-state index in [9.17, 15) is 0 Å². The Morgan fingerprint density at radius 2 is 2.06 bits per heavy atom. The van der Waals surface area contributed by atoms with E-state index in [-0.39, 0.29) is 0 Å². The van der Waals surface area contributed by atoms with Gasteiger partial charge in [-0.3, -0.25) is 0 Å². The van der Waals surface area contributed by atoms with E-state index in [1.54, 1.807) is 0 Å². The van der Waals surface area contributed by atoms with Crippen molar-refractivity contribution < 1.29 is 0 Å². The number of halogens is 1. The van der Waals surface area contributed by atoms with Crippen LogP contribution in [-0.2, 0) is 0 Å². The second-order valence-electron chi connectivity index (χ2n) is 5.51. The third kappa shape index (κ3) is 3.49. The van der Waals surface area contributed by atoms with E-state index in [2.05, 4.69) is 37.4 Å². The average Bonchev–Trinajstić information content (AvgIpc) is 2.85. The summed E-state index contributed by atoms with van der Waals surface area (Å²) in [5, 5.41) is 4.50. The Bertz CT molecular complexity index is 383. The molecule has 1 fully saturated rings. The highest BCUT2D eigenvalue weighted by molar-refractivity contribution is 6.31. The maximum Gasteiger partial charge on any atom is 0.0438 e. The van der Waals surface area contributed by atoms with E-state index in [1.807, 2.05) is 0 Å². The fourth-order valence-corrected chi connectivity index (χ4v) is 3.18. The summed E-state index contributed by atoms with van der Waals surface area (Å²) in [5.74, 6) is 0.897. The molecule has 1 nitrogen and oxygen atoms in total. The van der Waals surface area contributed by atoms with E-state index < -0.39 is 0 Å². The van der Waals surface area contributed by atoms with Crippen molar-refractivity contribution >= 4 is 11.6 Å². The number of hydrogen-bond acceptors (Lipinski definition) is 1. The van der Waals surface area contributed by atoms with Crippen LogP contribution in [0.3, 0.4) is 0 Å². The molecule has 0 radical (unpaired) electrons. The Morgan fingerprint density at radius 3 is 2.67 bits per heavy atom. The molecule has 0 bridgehead atoms. The highest BCUT2D eigenvalue weighted by Gasteiger charge is 2.21. The van der Waals surface area contributed by atoms with E-state index >= 15 is 0 Å². The van der Waals surface area contributed by atoms with Crippen molar-refractivity contribution in [2.24, 2.45) is 5.92 Å². The lowest BCUT2D eigenvalue weighted by atomic mass is 9.93. The number of aryl methyl sites for hydroxylation is 1. The topological polar surface area (TPSA) is 12.0 Å². The minimum Gasteiger partial charge on any atom is -0.310 e. The molecule has 2 rings (SSSR count). The minimum absolute atomic E-state index is 0.469. The molecule has 0 saturated heterocycles. The number of benzene rings is 1. The second-order valence-corrected chi connectivity index (χ2v) is 5.91. The van der Waals surface area contributed by atoms with Gasteiger partial charge < -0.3 is 5.32 Å². The Balaban J connectivity index is 2.09. The maximum absolute atomic E-state index is 6.25. The van der Waals surface area contributed by atoms with Gasteiger partial charge in [-0.15, -0.1) is 0 Å². The predicted octanol–water partition coefficient (Wildman–Crippen LogP) is 4.88. The molecule has 0 aliphatic heterocycles. The first kappa shape index (κ1) is 13.9. The summed E-state index contributed by atoms with van der Waals surface area (Å²) in [6.07, 6.45) is 6.90. The van der Waals surface area contributed by atoms with Gasteiger partial charge in [0.15, 0.2) is 0 Å². The van der Waals surface area contributed by atoms with Gasteiger partial charge in [0.1, 0.15) is 0 Å². The molecule has 2 heteroatoms. The zero-order valence-electron chi connectivity index (χ0n) is 11.5. The largest absolute Gasteiger partial charge is 0.310 e. The standard InChI is InChI=1S/C16H24ClN/c1-3-18-16(10-13-6-4-5-7-13)14-9-8-12(2)15(17)11-14/h8-9,11,13,16,18H,3-7,10H2,1-2H3. The zero-order valence-corrected chi connectivity index (χ0v) is 12.3. The van der Waals surface area contributed by atoms with Crippen LogP contribution in [0.2, 0.25) is 5.02 Å². The molecule has 100 valence electrons. The summed E-state index contributed by atoms with van der Waals surface area (Å²) >= 11 is 6.25. The molecule has 0 aromatic heterocycles. The van der Waals surface area contributed by atoms with Crippen LogP contribution >= 0.6 is 11.6 Å². The summed E-state index contributed by atoms with van der Waals surface area (Å²) in [6, 6.07) is 6.97. The third-order valence-corrected chi connectivity index (χ3v) is 4.50. The highest BCUT2D eigenvalue weighted by Crippen LogP contribution is 2.33. The van der Waals surface area contributed by atoms with Gasteiger partial charge in [0.2, 0.25) is 0 Å². The van der Waals surface area contributed by atoms with Crippen LogP contribution in [0.25, 0.3) is 0 Å². The molecule has 1 atom stereocenters. The molecule has 0 heterocycles. The van der Waals surface area contributed by atoms with E-state index in [0.29, 0.717) is 6.04 Å². The normalized spacial score (nSPS) is 18.2. The molecule has 1 unspecified atom stereocenters. The van der Waals surface area contributed by atoms with Gasteiger partial charge in [0, 0.05) is 11.1 Å². The average molecular weight is 266 g/mol. The first-order valence-corrected chi connectivity index (χ1v) is 7.58. The molecule has 1 saturated carbocycles. The molecule has 1 N–H and O–H groups in total. The second kappa shape index (κ2) is 6.58. The Morgan fingerprint density at radius 1 is 1.33 bits per heavy atom. The molecule has 0 amide bonds. The fourth-order valence-electron chi connectivity index (χ4n) is 2.99. The van der Waals surface area contributed by atoms with Crippen molar-refractivity contribution in [1.29, 1.82) is 0 Å². The van der Waals surface area contributed by atoms with Crippen LogP contribution < -0.4 is 5.32 Å². The van der Waals surface area contributed by atoms with E-state index in [1.165, 1.54) is 37.7 Å². The summed E-state index contributed by atoms with van der Waals surface area (Å²) < 4.78 is 0. The minimum atomic E-state index is 0.469. The van der Waals surface area contributed by atoms with Crippen LogP contribution in [0.4, 0.5) is 0 Å². The van der Waals surface area contributed by atoms with Gasteiger partial charge in [-0.1, -0.05) is 56.3 Å². The fraction of sp³-hybridized carbons (Fsp3) is 0.625. The molecular weight excluding hydrogens is 242 g/mol. The summed E-state index contributed by atoms with van der Waals surface area (Å²) in [4.78, 5) is 0. The lowest BCUT2D eigenvalue weighted by Gasteiger charge is -2.22. The third-order valence-electron chi connectivity index (χ3n) is 4.09. The molecule has 1 aromatic carbocycles. The van der Waals surface area contributed by atoms with Gasteiger partial charge in [-0.25, -0.2) is 0 Å². The SMILES string of the molecule is CCNC(CC1CCCC1)c1ccc(C)c(Cl)c1. The van der Waals surface area contributed by atoms with Crippen LogP contribution in [0.1, 0.15) is 56.2 Å². The van der Waals surface area contributed by atoms with Crippen LogP contribution in [0.15, 0.2) is 18.2 Å². The highest BCUT2D eigenvalue weighted by atomic mass is 35.5. The van der Waals surface area contributed by atoms with Gasteiger partial charge in [-0.05, 0) is 43.0 Å². The van der Waals surface area contributed by atoms with Crippen molar-refractivity contribution in [3.8, 4) is 0 Å². The lowest BCUT2D eigenvalue weighted by molar-refractivity contribution is 0.401. The molecule has 18 heavy (non-hydrogen) atoms. The van der Waals surface area contributed by atoms with Crippen LogP contribution in [0.5, 0.6) is 0 Å². The molecule has 1 aliphatic rings. The first-order chi connectivity index (χ1) is 8.70. The quantitative estimate of drug-likeness (QED) is 0.800. The van der Waals surface area contributed by atoms with Crippen LogP contribution in [-0.4, -0.2) is 6.54 Å². The van der Waals surface area contributed by atoms with Crippen molar-refractivity contribution in [3.05, 3.63) is 34.3 Å². The Hall–Kier alpha value is -0.530. The van der Waals surface area contributed by atoms with Gasteiger partial charge in [0.05, 0.1) is 0 Å². The number of hydrogen-bond donors (Lipinski definition) is 1. The number of rotatable bonds is 5. The summed E-state index contributed by atoms with van der Waals surface area (Å²) in [6.45, 7) is 5.26. The van der Waals surface area contributed by atoms with E-state index in [0.717, 1.165) is 23.0 Å². The Labute approximate surface area is 116 Å². The van der Waals surface area contributed by atoms with Gasteiger partial charge in [-0.2, -0.15) is 0 Å². The molecular formula is C16H24ClN. The van der Waals surface area contributed by atoms with Crippen LogP contribution in [0, 0.1) is 12.8 Å². The maximum atomic E-state index is 6.25. The molecule has 1 aromatic rings. The van der Waals surface area contributed by atoms with Crippen molar-refractivity contribution in [1.82, 2.24) is 5.32 Å². The first-order valence-electron chi connectivity index (χ1n) is 7.20.